The zero-order valence-corrected chi connectivity index (χ0v) is 9.20. The Morgan fingerprint density at radius 3 is 2.50 bits per heavy atom. The number of benzene rings is 1. The topological polar surface area (TPSA) is 67.1 Å². The third-order valence-electron chi connectivity index (χ3n) is 2.89. The highest BCUT2D eigenvalue weighted by molar-refractivity contribution is 5.89. The highest BCUT2D eigenvalue weighted by atomic mass is 16.2. The lowest BCUT2D eigenvalue weighted by Crippen LogP contribution is -2.41. The zero-order valence-electron chi connectivity index (χ0n) is 9.20. The van der Waals surface area contributed by atoms with Crippen LogP contribution in [0.3, 0.4) is 0 Å². The van der Waals surface area contributed by atoms with E-state index in [9.17, 15) is 4.79 Å². The molecular weight excluding hydrogens is 202 g/mol. The average molecular weight is 219 g/mol. The first kappa shape index (κ1) is 11.0. The molecule has 2 rings (SSSR count). The predicted molar refractivity (Wildman–Crippen MR) is 64.1 cm³/mol. The fourth-order valence-electron chi connectivity index (χ4n) is 1.63. The van der Waals surface area contributed by atoms with E-state index in [1.54, 1.807) is 0 Å². The van der Waals surface area contributed by atoms with Gasteiger partial charge in [-0.15, -0.1) is 0 Å². The minimum atomic E-state index is -0.120. The van der Waals surface area contributed by atoms with Gasteiger partial charge in [0, 0.05) is 18.3 Å². The molecule has 86 valence electrons. The first-order chi connectivity index (χ1) is 7.78. The predicted octanol–water partition coefficient (Wildman–Crippen LogP) is 1.82. The Morgan fingerprint density at radius 1 is 1.31 bits per heavy atom. The fraction of sp³-hybridized carbons (Fsp3) is 0.417. The van der Waals surface area contributed by atoms with Gasteiger partial charge in [-0.05, 0) is 37.0 Å². The highest BCUT2D eigenvalue weighted by Gasteiger charge is 2.19. The summed E-state index contributed by atoms with van der Waals surface area (Å²) in [6, 6.07) is 7.80. The number of carbonyl (C=O) groups excluding carboxylic acids is 1. The lowest BCUT2D eigenvalue weighted by molar-refractivity contribution is 0.240. The van der Waals surface area contributed by atoms with Gasteiger partial charge in [-0.1, -0.05) is 12.1 Å². The Hall–Kier alpha value is -1.55. The smallest absolute Gasteiger partial charge is 0.319 e. The summed E-state index contributed by atoms with van der Waals surface area (Å²) < 4.78 is 0. The van der Waals surface area contributed by atoms with E-state index in [2.05, 4.69) is 10.6 Å². The molecule has 0 heterocycles. The lowest BCUT2D eigenvalue weighted by atomic mass is 9.93. The molecule has 0 aromatic heterocycles. The molecule has 0 atom stereocenters. The monoisotopic (exact) mass is 219 g/mol. The van der Waals surface area contributed by atoms with E-state index in [0.717, 1.165) is 24.1 Å². The minimum absolute atomic E-state index is 0.120. The van der Waals surface area contributed by atoms with Crippen LogP contribution in [0.5, 0.6) is 0 Å². The maximum atomic E-state index is 11.5. The van der Waals surface area contributed by atoms with Crippen LogP contribution >= 0.6 is 0 Å². The number of hydrogen-bond donors (Lipinski definition) is 3. The van der Waals surface area contributed by atoms with E-state index in [1.807, 2.05) is 24.3 Å². The molecule has 16 heavy (non-hydrogen) atoms. The average Bonchev–Trinajstić information content (AvgIpc) is 2.25. The molecule has 0 spiro atoms. The van der Waals surface area contributed by atoms with Crippen LogP contribution in [-0.2, 0) is 6.54 Å². The van der Waals surface area contributed by atoms with Gasteiger partial charge in [0.2, 0.25) is 0 Å². The first-order valence-corrected chi connectivity index (χ1v) is 5.64. The minimum Gasteiger partial charge on any atom is -0.335 e. The van der Waals surface area contributed by atoms with Gasteiger partial charge in [0.1, 0.15) is 0 Å². The number of hydrogen-bond acceptors (Lipinski definition) is 2. The van der Waals surface area contributed by atoms with Gasteiger partial charge in [0.05, 0.1) is 0 Å². The number of nitrogens with one attached hydrogen (secondary N) is 2. The number of anilines is 1. The van der Waals surface area contributed by atoms with E-state index in [4.69, 9.17) is 5.73 Å². The van der Waals surface area contributed by atoms with Crippen molar-refractivity contribution in [3.63, 3.8) is 0 Å². The van der Waals surface area contributed by atoms with E-state index in [1.165, 1.54) is 6.42 Å². The summed E-state index contributed by atoms with van der Waals surface area (Å²) in [5.74, 6) is 0. The quantitative estimate of drug-likeness (QED) is 0.726. The number of nitrogens with two attached hydrogens (primary N) is 1. The summed E-state index contributed by atoms with van der Waals surface area (Å²) in [6.45, 7) is 0.522. The van der Waals surface area contributed by atoms with Crippen LogP contribution in [0.1, 0.15) is 24.8 Å². The van der Waals surface area contributed by atoms with Crippen LogP contribution in [0, 0.1) is 0 Å². The molecule has 0 radical (unpaired) electrons. The molecule has 2 amide bonds. The Labute approximate surface area is 95.2 Å². The third-order valence-corrected chi connectivity index (χ3v) is 2.89. The zero-order chi connectivity index (χ0) is 11.4. The Balaban J connectivity index is 1.84. The van der Waals surface area contributed by atoms with E-state index >= 15 is 0 Å². The Morgan fingerprint density at radius 2 is 2.00 bits per heavy atom. The van der Waals surface area contributed by atoms with Crippen molar-refractivity contribution in [2.45, 2.75) is 31.8 Å². The second-order valence-corrected chi connectivity index (χ2v) is 4.13. The number of rotatable bonds is 3. The van der Waals surface area contributed by atoms with E-state index in [0.29, 0.717) is 12.6 Å². The molecule has 1 saturated carbocycles. The molecule has 0 aliphatic heterocycles. The molecule has 4 N–H and O–H groups in total. The second kappa shape index (κ2) is 4.99. The summed E-state index contributed by atoms with van der Waals surface area (Å²) in [5, 5.41) is 5.72. The molecule has 0 bridgehead atoms. The fourth-order valence-corrected chi connectivity index (χ4v) is 1.63. The van der Waals surface area contributed by atoms with Crippen LogP contribution in [0.2, 0.25) is 0 Å². The van der Waals surface area contributed by atoms with Gasteiger partial charge in [-0.3, -0.25) is 0 Å². The van der Waals surface area contributed by atoms with Gasteiger partial charge >= 0.3 is 6.03 Å². The van der Waals surface area contributed by atoms with Crippen molar-refractivity contribution in [1.82, 2.24) is 5.32 Å². The van der Waals surface area contributed by atoms with Gasteiger partial charge in [0.15, 0.2) is 0 Å². The summed E-state index contributed by atoms with van der Waals surface area (Å²) in [4.78, 5) is 11.5. The maximum absolute atomic E-state index is 11.5. The van der Waals surface area contributed by atoms with Crippen molar-refractivity contribution in [2.24, 2.45) is 5.73 Å². The van der Waals surface area contributed by atoms with Crippen LogP contribution < -0.4 is 16.4 Å². The molecule has 1 aliphatic rings. The van der Waals surface area contributed by atoms with Crippen LogP contribution in [0.25, 0.3) is 0 Å². The largest absolute Gasteiger partial charge is 0.335 e. The van der Waals surface area contributed by atoms with Crippen molar-refractivity contribution >= 4 is 11.7 Å². The number of carbonyl (C=O) groups is 1. The third kappa shape index (κ3) is 2.73. The van der Waals surface area contributed by atoms with Gasteiger partial charge in [-0.2, -0.15) is 0 Å². The molecule has 0 saturated heterocycles. The van der Waals surface area contributed by atoms with Gasteiger partial charge in [0.25, 0.3) is 0 Å². The van der Waals surface area contributed by atoms with Gasteiger partial charge < -0.3 is 16.4 Å². The standard InChI is InChI=1S/C12H17N3O/c13-8-9-4-6-11(7-5-9)15-12(16)14-10-2-1-3-10/h4-7,10H,1-3,8,13H2,(H2,14,15,16). The number of amides is 2. The molecule has 1 fully saturated rings. The highest BCUT2D eigenvalue weighted by Crippen LogP contribution is 2.18. The van der Waals surface area contributed by atoms with Crippen LogP contribution in [0.4, 0.5) is 10.5 Å². The van der Waals surface area contributed by atoms with Crippen LogP contribution in [-0.4, -0.2) is 12.1 Å². The molecule has 1 aromatic carbocycles. The normalized spacial score (nSPS) is 15.3. The molecule has 1 aromatic rings. The summed E-state index contributed by atoms with van der Waals surface area (Å²) >= 11 is 0. The van der Waals surface area contributed by atoms with Crippen LogP contribution in [0.15, 0.2) is 24.3 Å². The summed E-state index contributed by atoms with van der Waals surface area (Å²) in [7, 11) is 0. The molecule has 1 aliphatic carbocycles. The van der Waals surface area contributed by atoms with Crippen molar-refractivity contribution in [2.75, 3.05) is 5.32 Å². The van der Waals surface area contributed by atoms with E-state index < -0.39 is 0 Å². The SMILES string of the molecule is NCc1ccc(NC(=O)NC2CCC2)cc1. The van der Waals surface area contributed by atoms with Crippen molar-refractivity contribution in [3.8, 4) is 0 Å². The van der Waals surface area contributed by atoms with Crippen molar-refractivity contribution in [1.29, 1.82) is 0 Å². The molecule has 4 nitrogen and oxygen atoms in total. The Bertz CT molecular complexity index is 357. The van der Waals surface area contributed by atoms with Crippen molar-refractivity contribution in [3.05, 3.63) is 29.8 Å². The maximum Gasteiger partial charge on any atom is 0.319 e. The second-order valence-electron chi connectivity index (χ2n) is 4.13. The molecule has 4 heteroatoms. The summed E-state index contributed by atoms with van der Waals surface area (Å²) in [6.07, 6.45) is 3.41. The molecular formula is C12H17N3O. The summed E-state index contributed by atoms with van der Waals surface area (Å²) in [5.41, 5.74) is 7.35. The lowest BCUT2D eigenvalue weighted by Gasteiger charge is -2.26. The van der Waals surface area contributed by atoms with Gasteiger partial charge in [-0.25, -0.2) is 4.79 Å². The van der Waals surface area contributed by atoms with E-state index in [-0.39, 0.29) is 6.03 Å². The number of urea groups is 1. The van der Waals surface area contributed by atoms with Crippen molar-refractivity contribution < 1.29 is 4.79 Å². The Kier molecular flexibility index (Phi) is 3.41. The first-order valence-electron chi connectivity index (χ1n) is 5.64. The molecule has 0 unspecified atom stereocenters.